The first kappa shape index (κ1) is 15.4. The van der Waals surface area contributed by atoms with Gasteiger partial charge in [0.2, 0.25) is 10.0 Å². The van der Waals surface area contributed by atoms with Crippen LogP contribution in [0.25, 0.3) is 0 Å². The molecule has 8 heteroatoms. The van der Waals surface area contributed by atoms with Crippen molar-refractivity contribution >= 4 is 43.2 Å². The number of anilines is 1. The van der Waals surface area contributed by atoms with Gasteiger partial charge < -0.3 is 10.2 Å². The number of nitrogens with two attached hydrogens (primary N) is 1. The van der Waals surface area contributed by atoms with Crippen LogP contribution in [0.15, 0.2) is 44.5 Å². The minimum absolute atomic E-state index is 0.0356. The van der Waals surface area contributed by atoms with E-state index in [9.17, 15) is 8.42 Å². The van der Waals surface area contributed by atoms with Gasteiger partial charge in [0.05, 0.1) is 21.9 Å². The first-order chi connectivity index (χ1) is 9.32. The van der Waals surface area contributed by atoms with E-state index in [2.05, 4.69) is 15.9 Å². The third-order valence-corrected chi connectivity index (χ3v) is 5.90. The Kier molecular flexibility index (Phi) is 4.43. The molecule has 0 aliphatic heterocycles. The fourth-order valence-electron chi connectivity index (χ4n) is 1.66. The number of furan rings is 1. The van der Waals surface area contributed by atoms with Crippen LogP contribution in [0, 0.1) is 0 Å². The van der Waals surface area contributed by atoms with Crippen molar-refractivity contribution in [3.8, 4) is 0 Å². The van der Waals surface area contributed by atoms with Gasteiger partial charge in [0, 0.05) is 29.9 Å². The van der Waals surface area contributed by atoms with E-state index in [1.165, 1.54) is 36.0 Å². The second-order valence-corrected chi connectivity index (χ2v) is 7.44. The van der Waals surface area contributed by atoms with Gasteiger partial charge in [-0.1, -0.05) is 11.6 Å². The highest BCUT2D eigenvalue weighted by atomic mass is 79.9. The molecule has 108 valence electrons. The highest BCUT2D eigenvalue weighted by Crippen LogP contribution is 2.33. The lowest BCUT2D eigenvalue weighted by atomic mass is 10.3. The van der Waals surface area contributed by atoms with E-state index in [0.717, 1.165) is 5.56 Å². The summed E-state index contributed by atoms with van der Waals surface area (Å²) in [5.74, 6) is 0. The van der Waals surface area contributed by atoms with Crippen molar-refractivity contribution in [2.24, 2.45) is 0 Å². The summed E-state index contributed by atoms with van der Waals surface area (Å²) in [6, 6.07) is 4.55. The topological polar surface area (TPSA) is 76.5 Å². The summed E-state index contributed by atoms with van der Waals surface area (Å²) in [5.41, 5.74) is 6.75. The molecule has 0 unspecified atom stereocenters. The summed E-state index contributed by atoms with van der Waals surface area (Å²) < 4.78 is 31.5. The van der Waals surface area contributed by atoms with Gasteiger partial charge in [0.1, 0.15) is 0 Å². The van der Waals surface area contributed by atoms with Gasteiger partial charge in [0.25, 0.3) is 0 Å². The number of hydrogen-bond acceptors (Lipinski definition) is 4. The molecule has 0 amide bonds. The zero-order valence-corrected chi connectivity index (χ0v) is 13.7. The summed E-state index contributed by atoms with van der Waals surface area (Å²) in [5, 5.41) is 0.265. The quantitative estimate of drug-likeness (QED) is 0.828. The molecule has 0 saturated carbocycles. The van der Waals surface area contributed by atoms with E-state index in [-0.39, 0.29) is 22.2 Å². The molecule has 2 N–H and O–H groups in total. The van der Waals surface area contributed by atoms with Crippen molar-refractivity contribution in [2.45, 2.75) is 11.4 Å². The lowest BCUT2D eigenvalue weighted by Gasteiger charge is -2.18. The van der Waals surface area contributed by atoms with Crippen LogP contribution >= 0.6 is 27.5 Å². The maximum absolute atomic E-state index is 12.5. The van der Waals surface area contributed by atoms with Crippen LogP contribution in [0.1, 0.15) is 5.56 Å². The summed E-state index contributed by atoms with van der Waals surface area (Å²) in [4.78, 5) is 0.0356. The fourth-order valence-corrected chi connectivity index (χ4v) is 4.07. The summed E-state index contributed by atoms with van der Waals surface area (Å²) >= 11 is 9.07. The molecule has 0 atom stereocenters. The van der Waals surface area contributed by atoms with Crippen LogP contribution in [0.3, 0.4) is 0 Å². The highest BCUT2D eigenvalue weighted by Gasteiger charge is 2.25. The van der Waals surface area contributed by atoms with E-state index in [1.54, 1.807) is 6.07 Å². The number of benzene rings is 1. The maximum atomic E-state index is 12.5. The van der Waals surface area contributed by atoms with Gasteiger partial charge >= 0.3 is 0 Å². The number of nitrogens with zero attached hydrogens (tertiary/aromatic N) is 1. The van der Waals surface area contributed by atoms with Crippen molar-refractivity contribution in [1.82, 2.24) is 4.31 Å². The van der Waals surface area contributed by atoms with Gasteiger partial charge in [-0.15, -0.1) is 0 Å². The number of sulfonamides is 1. The zero-order valence-electron chi connectivity index (χ0n) is 10.5. The number of halogens is 2. The van der Waals surface area contributed by atoms with Gasteiger partial charge in [-0.2, -0.15) is 4.31 Å². The standard InChI is InChI=1S/C12H12BrClN2O3S/c1-16(6-8-2-3-19-7-8)20(17,18)11-5-9(14)4-10(15)12(11)13/h2-5,7H,6,15H2,1H3. The van der Waals surface area contributed by atoms with Crippen molar-refractivity contribution in [3.63, 3.8) is 0 Å². The molecule has 1 aromatic carbocycles. The Bertz CT molecular complexity index is 717. The molecular weight excluding hydrogens is 368 g/mol. The first-order valence-electron chi connectivity index (χ1n) is 5.54. The number of nitrogen functional groups attached to an aromatic ring is 1. The van der Waals surface area contributed by atoms with Crippen LogP contribution in [-0.2, 0) is 16.6 Å². The lowest BCUT2D eigenvalue weighted by Crippen LogP contribution is -2.26. The zero-order chi connectivity index (χ0) is 14.9. The summed E-state index contributed by atoms with van der Waals surface area (Å²) in [7, 11) is -2.23. The van der Waals surface area contributed by atoms with Crippen LogP contribution in [-0.4, -0.2) is 19.8 Å². The molecule has 1 aromatic heterocycles. The molecular formula is C12H12BrClN2O3S. The molecule has 0 aliphatic carbocycles. The van der Waals surface area contributed by atoms with Gasteiger partial charge in [-0.3, -0.25) is 0 Å². The van der Waals surface area contributed by atoms with E-state index in [4.69, 9.17) is 21.8 Å². The van der Waals surface area contributed by atoms with Crippen LogP contribution in [0.5, 0.6) is 0 Å². The van der Waals surface area contributed by atoms with Crippen molar-refractivity contribution in [1.29, 1.82) is 0 Å². The minimum Gasteiger partial charge on any atom is -0.472 e. The van der Waals surface area contributed by atoms with Crippen LogP contribution < -0.4 is 5.73 Å². The minimum atomic E-state index is -3.71. The number of rotatable bonds is 4. The van der Waals surface area contributed by atoms with E-state index in [1.807, 2.05) is 0 Å². The molecule has 2 aromatic rings. The number of hydrogen-bond donors (Lipinski definition) is 1. The van der Waals surface area contributed by atoms with Crippen LogP contribution in [0.2, 0.25) is 5.02 Å². The van der Waals surface area contributed by atoms with Crippen molar-refractivity contribution in [2.75, 3.05) is 12.8 Å². The van der Waals surface area contributed by atoms with E-state index < -0.39 is 10.0 Å². The SMILES string of the molecule is CN(Cc1ccoc1)S(=O)(=O)c1cc(Cl)cc(N)c1Br. The predicted octanol–water partition coefficient (Wildman–Crippen LogP) is 3.10. The third kappa shape index (κ3) is 3.01. The van der Waals surface area contributed by atoms with Gasteiger partial charge in [0.15, 0.2) is 0 Å². The van der Waals surface area contributed by atoms with Gasteiger partial charge in [-0.05, 0) is 34.1 Å². The average Bonchev–Trinajstić information content (AvgIpc) is 2.86. The molecule has 0 saturated heterocycles. The smallest absolute Gasteiger partial charge is 0.244 e. The van der Waals surface area contributed by atoms with E-state index >= 15 is 0 Å². The molecule has 0 bridgehead atoms. The molecule has 5 nitrogen and oxygen atoms in total. The summed E-state index contributed by atoms with van der Waals surface area (Å²) in [6.45, 7) is 0.192. The second kappa shape index (κ2) is 5.77. The molecule has 0 radical (unpaired) electrons. The van der Waals surface area contributed by atoms with Crippen molar-refractivity contribution < 1.29 is 12.8 Å². The Morgan fingerprint density at radius 3 is 2.75 bits per heavy atom. The Balaban J connectivity index is 2.40. The Morgan fingerprint density at radius 1 is 1.45 bits per heavy atom. The fraction of sp³-hybridized carbons (Fsp3) is 0.167. The average molecular weight is 380 g/mol. The Hall–Kier alpha value is -1.02. The predicted molar refractivity (Wildman–Crippen MR) is 80.9 cm³/mol. The second-order valence-electron chi connectivity index (χ2n) is 4.20. The van der Waals surface area contributed by atoms with Crippen molar-refractivity contribution in [3.05, 3.63) is 45.8 Å². The Morgan fingerprint density at radius 2 is 2.15 bits per heavy atom. The lowest BCUT2D eigenvalue weighted by molar-refractivity contribution is 0.463. The molecule has 1 heterocycles. The summed E-state index contributed by atoms with van der Waals surface area (Å²) in [6.07, 6.45) is 2.98. The Labute approximate surface area is 130 Å². The molecule has 0 aliphatic rings. The normalized spacial score (nSPS) is 12.0. The van der Waals surface area contributed by atoms with E-state index in [0.29, 0.717) is 4.47 Å². The maximum Gasteiger partial charge on any atom is 0.244 e. The molecule has 2 rings (SSSR count). The molecule has 0 fully saturated rings. The molecule has 0 spiro atoms. The first-order valence-corrected chi connectivity index (χ1v) is 8.15. The van der Waals surface area contributed by atoms with Gasteiger partial charge in [-0.25, -0.2) is 8.42 Å². The largest absolute Gasteiger partial charge is 0.472 e. The monoisotopic (exact) mass is 378 g/mol. The third-order valence-electron chi connectivity index (χ3n) is 2.71. The molecule has 20 heavy (non-hydrogen) atoms. The van der Waals surface area contributed by atoms with Crippen LogP contribution in [0.4, 0.5) is 5.69 Å². The highest BCUT2D eigenvalue weighted by molar-refractivity contribution is 9.10.